The van der Waals surface area contributed by atoms with Gasteiger partial charge in [-0.3, -0.25) is 4.79 Å². The van der Waals surface area contributed by atoms with Crippen molar-refractivity contribution < 1.29 is 19.0 Å². The minimum absolute atomic E-state index is 0.0866. The molecule has 0 bridgehead atoms. The summed E-state index contributed by atoms with van der Waals surface area (Å²) < 4.78 is 16.9. The Labute approximate surface area is 222 Å². The molecular formula is C29H35N3O4S. The molecule has 1 fully saturated rings. The first-order valence-electron chi connectivity index (χ1n) is 12.8. The highest BCUT2D eigenvalue weighted by atomic mass is 32.1. The first-order valence-corrected chi connectivity index (χ1v) is 13.7. The van der Waals surface area contributed by atoms with Gasteiger partial charge in [0.15, 0.2) is 5.13 Å². The molecule has 0 saturated carbocycles. The summed E-state index contributed by atoms with van der Waals surface area (Å²) in [6, 6.07) is 10.8. The number of aromatic nitrogens is 1. The lowest BCUT2D eigenvalue weighted by atomic mass is 9.93. The van der Waals surface area contributed by atoms with Crippen molar-refractivity contribution in [3.05, 3.63) is 63.5 Å². The van der Waals surface area contributed by atoms with Crippen LogP contribution in [0.5, 0.6) is 5.75 Å². The second-order valence-electron chi connectivity index (χ2n) is 9.94. The molecule has 2 aromatic carbocycles. The van der Waals surface area contributed by atoms with Gasteiger partial charge in [0.25, 0.3) is 0 Å². The number of carbonyl (C=O) groups excluding carboxylic acids is 1. The number of hydrogen-bond donors (Lipinski definition) is 1. The van der Waals surface area contributed by atoms with Crippen molar-refractivity contribution in [2.24, 2.45) is 5.92 Å². The van der Waals surface area contributed by atoms with E-state index in [4.69, 9.17) is 19.2 Å². The van der Waals surface area contributed by atoms with E-state index in [1.54, 1.807) is 18.4 Å². The monoisotopic (exact) mass is 521 g/mol. The van der Waals surface area contributed by atoms with Crippen molar-refractivity contribution >= 4 is 22.4 Å². The fourth-order valence-corrected chi connectivity index (χ4v) is 6.36. The van der Waals surface area contributed by atoms with Crippen molar-refractivity contribution in [3.63, 3.8) is 0 Å². The third-order valence-corrected chi connectivity index (χ3v) is 8.39. The number of nitrogens with one attached hydrogen (secondary N) is 1. The molecule has 37 heavy (non-hydrogen) atoms. The molecule has 2 aliphatic rings. The van der Waals surface area contributed by atoms with Gasteiger partial charge >= 0.3 is 5.97 Å². The van der Waals surface area contributed by atoms with Crippen LogP contribution in [0.3, 0.4) is 0 Å². The quantitative estimate of drug-likeness (QED) is 0.432. The first kappa shape index (κ1) is 25.7. The van der Waals surface area contributed by atoms with Gasteiger partial charge in [0.2, 0.25) is 0 Å². The number of methoxy groups -OCH3 is 2. The number of thiazole rings is 1. The molecular weight excluding hydrogens is 486 g/mol. The Morgan fingerprint density at radius 1 is 1.22 bits per heavy atom. The highest BCUT2D eigenvalue weighted by molar-refractivity contribution is 7.14. The smallest absolute Gasteiger partial charge is 0.310 e. The number of hydrogen-bond acceptors (Lipinski definition) is 8. The van der Waals surface area contributed by atoms with Crippen molar-refractivity contribution in [3.8, 4) is 17.0 Å². The fourth-order valence-electron chi connectivity index (χ4n) is 5.45. The summed E-state index contributed by atoms with van der Waals surface area (Å²) in [5, 5.41) is 6.41. The third-order valence-electron chi connectivity index (χ3n) is 7.51. The summed E-state index contributed by atoms with van der Waals surface area (Å²) in [4.78, 5) is 19.4. The summed E-state index contributed by atoms with van der Waals surface area (Å²) in [7, 11) is 3.13. The third kappa shape index (κ3) is 5.37. The molecule has 3 heterocycles. The number of rotatable bonds is 8. The van der Waals surface area contributed by atoms with E-state index in [1.165, 1.54) is 29.4 Å². The van der Waals surface area contributed by atoms with Crippen molar-refractivity contribution in [2.45, 2.75) is 45.9 Å². The van der Waals surface area contributed by atoms with Gasteiger partial charge in [-0.1, -0.05) is 23.8 Å². The van der Waals surface area contributed by atoms with E-state index >= 15 is 0 Å². The lowest BCUT2D eigenvalue weighted by Crippen LogP contribution is -2.33. The largest absolute Gasteiger partial charge is 0.488 e. The van der Waals surface area contributed by atoms with Gasteiger partial charge in [0.1, 0.15) is 12.4 Å². The van der Waals surface area contributed by atoms with E-state index in [-0.39, 0.29) is 17.9 Å². The topological polar surface area (TPSA) is 72.9 Å². The van der Waals surface area contributed by atoms with Crippen LogP contribution in [0.1, 0.15) is 34.2 Å². The Morgan fingerprint density at radius 2 is 2.08 bits per heavy atom. The van der Waals surface area contributed by atoms with Crippen LogP contribution in [0.25, 0.3) is 11.3 Å². The van der Waals surface area contributed by atoms with Crippen LogP contribution >= 0.6 is 11.3 Å². The summed E-state index contributed by atoms with van der Waals surface area (Å²) >= 11 is 1.59. The first-order chi connectivity index (χ1) is 18.0. The zero-order valence-corrected chi connectivity index (χ0v) is 22.8. The number of ether oxygens (including phenoxy) is 3. The molecule has 1 aromatic heterocycles. The summed E-state index contributed by atoms with van der Waals surface area (Å²) in [6.45, 7) is 7.89. The summed E-state index contributed by atoms with van der Waals surface area (Å²) in [6.07, 6.45) is 1.76. The van der Waals surface area contributed by atoms with E-state index in [9.17, 15) is 4.79 Å². The number of esters is 1. The molecule has 0 radical (unpaired) electrons. The zero-order valence-electron chi connectivity index (χ0n) is 22.0. The Hall–Kier alpha value is -2.94. The van der Waals surface area contributed by atoms with Gasteiger partial charge in [-0.25, -0.2) is 4.98 Å². The highest BCUT2D eigenvalue weighted by Crippen LogP contribution is 2.38. The van der Waals surface area contributed by atoms with Gasteiger partial charge in [-0.05, 0) is 67.6 Å². The Balaban J connectivity index is 1.38. The van der Waals surface area contributed by atoms with E-state index in [0.717, 1.165) is 47.2 Å². The molecule has 2 aliphatic heterocycles. The molecule has 7 nitrogen and oxygen atoms in total. The van der Waals surface area contributed by atoms with Crippen molar-refractivity contribution in [1.82, 2.24) is 10.3 Å². The normalized spacial score (nSPS) is 19.1. The number of benzene rings is 2. The zero-order chi connectivity index (χ0) is 25.9. The molecule has 5 rings (SSSR count). The molecule has 2 atom stereocenters. The predicted octanol–water partition coefficient (Wildman–Crippen LogP) is 4.67. The Kier molecular flexibility index (Phi) is 7.79. The number of anilines is 1. The van der Waals surface area contributed by atoms with Gasteiger partial charge in [-0.15, -0.1) is 11.3 Å². The molecule has 0 amide bonds. The number of carbonyl (C=O) groups is 1. The standard InChI is InChI=1S/C29H35N3O4S/c1-18-5-8-27(36-15-21-7-6-20-13-30-10-9-24(20)19(21)2)25(11-18)26-17-37-29(31-26)32-14-22(28(33)35-4)12-23(32)16-34-3/h5-8,11,17,22-23,30H,9-10,12-16H2,1-4H3. The molecule has 8 heteroatoms. The Morgan fingerprint density at radius 3 is 2.89 bits per heavy atom. The summed E-state index contributed by atoms with van der Waals surface area (Å²) in [5.41, 5.74) is 8.41. The molecule has 3 aromatic rings. The van der Waals surface area contributed by atoms with Crippen LogP contribution < -0.4 is 15.0 Å². The average Bonchev–Trinajstić information content (AvgIpc) is 3.56. The van der Waals surface area contributed by atoms with Gasteiger partial charge in [0.05, 0.1) is 31.4 Å². The van der Waals surface area contributed by atoms with Crippen LogP contribution in [-0.2, 0) is 33.8 Å². The highest BCUT2D eigenvalue weighted by Gasteiger charge is 2.38. The maximum atomic E-state index is 12.2. The minimum atomic E-state index is -0.177. The molecule has 1 saturated heterocycles. The summed E-state index contributed by atoms with van der Waals surface area (Å²) in [5.74, 6) is 0.470. The predicted molar refractivity (Wildman–Crippen MR) is 146 cm³/mol. The molecule has 196 valence electrons. The number of fused-ring (bicyclic) bond motifs is 1. The van der Waals surface area contributed by atoms with Gasteiger partial charge in [0, 0.05) is 31.1 Å². The van der Waals surface area contributed by atoms with E-state index < -0.39 is 0 Å². The van der Waals surface area contributed by atoms with E-state index in [2.05, 4.69) is 53.7 Å². The molecule has 0 aliphatic carbocycles. The fraction of sp³-hybridized carbons (Fsp3) is 0.448. The van der Waals surface area contributed by atoms with Crippen LogP contribution in [0.4, 0.5) is 5.13 Å². The lowest BCUT2D eigenvalue weighted by molar-refractivity contribution is -0.144. The number of aryl methyl sites for hydroxylation is 1. The van der Waals surface area contributed by atoms with Gasteiger partial charge < -0.3 is 24.4 Å². The molecule has 2 unspecified atom stereocenters. The van der Waals surface area contributed by atoms with Crippen molar-refractivity contribution in [1.29, 1.82) is 0 Å². The van der Waals surface area contributed by atoms with Gasteiger partial charge in [-0.2, -0.15) is 0 Å². The second-order valence-corrected chi connectivity index (χ2v) is 10.8. The van der Waals surface area contributed by atoms with Crippen LogP contribution in [0, 0.1) is 19.8 Å². The lowest BCUT2D eigenvalue weighted by Gasteiger charge is -2.23. The maximum Gasteiger partial charge on any atom is 0.310 e. The van der Waals surface area contributed by atoms with E-state index in [1.807, 2.05) is 6.07 Å². The number of nitrogens with zero attached hydrogens (tertiary/aromatic N) is 2. The van der Waals surface area contributed by atoms with Crippen molar-refractivity contribution in [2.75, 3.05) is 38.8 Å². The molecule has 0 spiro atoms. The molecule has 1 N–H and O–H groups in total. The van der Waals surface area contributed by atoms with Crippen LogP contribution in [0.15, 0.2) is 35.7 Å². The SMILES string of the molecule is COCC1CC(C(=O)OC)CN1c1nc(-c2cc(C)ccc2OCc2ccc3c(c2C)CCNC3)cs1. The van der Waals surface area contributed by atoms with Crippen LogP contribution in [0.2, 0.25) is 0 Å². The second kappa shape index (κ2) is 11.2. The van der Waals surface area contributed by atoms with E-state index in [0.29, 0.717) is 26.2 Å². The van der Waals surface area contributed by atoms with Crippen LogP contribution in [-0.4, -0.2) is 50.9 Å². The Bertz CT molecular complexity index is 1270. The maximum absolute atomic E-state index is 12.2. The minimum Gasteiger partial charge on any atom is -0.488 e. The average molecular weight is 522 g/mol.